The molecule has 0 aliphatic carbocycles. The van der Waals surface area contributed by atoms with Crippen LogP contribution in [-0.4, -0.2) is 5.91 Å². The molecule has 1 atom stereocenters. The molecule has 0 spiro atoms. The van der Waals surface area contributed by atoms with Crippen LogP contribution in [0.3, 0.4) is 0 Å². The second-order valence-corrected chi connectivity index (χ2v) is 6.69. The van der Waals surface area contributed by atoms with Crippen LogP contribution in [0.5, 0.6) is 0 Å². The fourth-order valence-electron chi connectivity index (χ4n) is 3.03. The highest BCUT2D eigenvalue weighted by atomic mass is 79.9. The highest BCUT2D eigenvalue weighted by Gasteiger charge is 2.35. The van der Waals surface area contributed by atoms with E-state index < -0.39 is 12.0 Å². The van der Waals surface area contributed by atoms with Gasteiger partial charge < -0.3 is 5.32 Å². The van der Waals surface area contributed by atoms with E-state index in [2.05, 4.69) is 21.2 Å². The maximum absolute atomic E-state index is 14.4. The molecule has 0 bridgehead atoms. The van der Waals surface area contributed by atoms with Crippen molar-refractivity contribution in [3.63, 3.8) is 0 Å². The normalized spacial score (nSPS) is 16.3. The van der Waals surface area contributed by atoms with Crippen molar-refractivity contribution in [3.8, 4) is 0 Å². The van der Waals surface area contributed by atoms with Gasteiger partial charge >= 0.3 is 0 Å². The topological polar surface area (TPSA) is 32.3 Å². The third-order valence-corrected chi connectivity index (χ3v) is 4.75. The van der Waals surface area contributed by atoms with Crippen molar-refractivity contribution in [2.45, 2.75) is 6.17 Å². The van der Waals surface area contributed by atoms with Crippen LogP contribution in [0, 0.1) is 5.82 Å². The first kappa shape index (κ1) is 15.8. The molecule has 0 radical (unpaired) electrons. The van der Waals surface area contributed by atoms with Gasteiger partial charge in [0.25, 0.3) is 5.91 Å². The molecule has 1 aliphatic rings. The Morgan fingerprint density at radius 3 is 2.36 bits per heavy atom. The second-order valence-electron chi connectivity index (χ2n) is 5.77. The summed E-state index contributed by atoms with van der Waals surface area (Å²) in [4.78, 5) is 14.6. The molecule has 4 rings (SSSR count). The predicted octanol–water partition coefficient (Wildman–Crippen LogP) is 5.36. The number of fused-ring (bicyclic) bond motifs is 1. The molecule has 0 saturated carbocycles. The number of rotatable bonds is 2. The molecule has 25 heavy (non-hydrogen) atoms. The minimum absolute atomic E-state index is 0.229. The van der Waals surface area contributed by atoms with Crippen molar-refractivity contribution < 1.29 is 9.18 Å². The summed E-state index contributed by atoms with van der Waals surface area (Å²) in [7, 11) is 0. The van der Waals surface area contributed by atoms with Gasteiger partial charge in [0.15, 0.2) is 0 Å². The molecule has 5 heteroatoms. The molecule has 1 amide bonds. The smallest absolute Gasteiger partial charge is 0.262 e. The Morgan fingerprint density at radius 1 is 0.920 bits per heavy atom. The molecule has 1 heterocycles. The molecule has 3 aromatic carbocycles. The van der Waals surface area contributed by atoms with Crippen LogP contribution in [0.1, 0.15) is 22.1 Å². The lowest BCUT2D eigenvalue weighted by Gasteiger charge is -2.38. The Morgan fingerprint density at radius 2 is 1.60 bits per heavy atom. The first-order valence-corrected chi connectivity index (χ1v) is 8.63. The average Bonchev–Trinajstić information content (AvgIpc) is 2.63. The zero-order valence-corrected chi connectivity index (χ0v) is 14.7. The van der Waals surface area contributed by atoms with Crippen molar-refractivity contribution >= 4 is 33.2 Å². The van der Waals surface area contributed by atoms with E-state index in [0.29, 0.717) is 5.56 Å². The van der Waals surface area contributed by atoms with Gasteiger partial charge in [0, 0.05) is 10.2 Å². The Hall–Kier alpha value is -2.66. The number of anilines is 2. The molecule has 3 aromatic rings. The number of para-hydroxylation sites is 2. The molecule has 124 valence electrons. The Balaban J connectivity index is 1.89. The third-order valence-electron chi connectivity index (χ3n) is 4.22. The minimum atomic E-state index is -0.493. The van der Waals surface area contributed by atoms with Gasteiger partial charge in [-0.05, 0) is 42.0 Å². The van der Waals surface area contributed by atoms with Crippen molar-refractivity contribution in [2.75, 3.05) is 10.2 Å². The van der Waals surface area contributed by atoms with Crippen LogP contribution in [-0.2, 0) is 0 Å². The van der Waals surface area contributed by atoms with Gasteiger partial charge in [-0.3, -0.25) is 9.69 Å². The lowest BCUT2D eigenvalue weighted by molar-refractivity contribution is 0.0974. The maximum Gasteiger partial charge on any atom is 0.262 e. The van der Waals surface area contributed by atoms with Gasteiger partial charge in [-0.25, -0.2) is 4.39 Å². The van der Waals surface area contributed by atoms with Crippen LogP contribution in [0.4, 0.5) is 15.8 Å². The standard InChI is InChI=1S/C20H14BrFN2O/c21-14-11-9-13(10-12-14)19-23-17-7-3-1-5-15(17)20(25)24(19)18-8-4-2-6-16(18)22/h1-12,19,23H/t19-/m1/s1. The molecular weight excluding hydrogens is 383 g/mol. The van der Waals surface area contributed by atoms with Gasteiger partial charge in [-0.1, -0.05) is 52.3 Å². The maximum atomic E-state index is 14.4. The average molecular weight is 397 g/mol. The van der Waals surface area contributed by atoms with Crippen LogP contribution in [0.25, 0.3) is 0 Å². The fourth-order valence-corrected chi connectivity index (χ4v) is 3.29. The van der Waals surface area contributed by atoms with E-state index in [-0.39, 0.29) is 11.6 Å². The highest BCUT2D eigenvalue weighted by Crippen LogP contribution is 2.37. The molecule has 0 unspecified atom stereocenters. The zero-order valence-electron chi connectivity index (χ0n) is 13.1. The summed E-state index contributed by atoms with van der Waals surface area (Å²) in [5, 5.41) is 3.36. The van der Waals surface area contributed by atoms with Crippen molar-refractivity contribution in [2.24, 2.45) is 0 Å². The quantitative estimate of drug-likeness (QED) is 0.632. The Bertz CT molecular complexity index is 942. The number of hydrogen-bond acceptors (Lipinski definition) is 2. The highest BCUT2D eigenvalue weighted by molar-refractivity contribution is 9.10. The van der Waals surface area contributed by atoms with Crippen molar-refractivity contribution in [1.29, 1.82) is 0 Å². The molecule has 0 aromatic heterocycles. The van der Waals surface area contributed by atoms with Gasteiger partial charge in [0.1, 0.15) is 12.0 Å². The van der Waals surface area contributed by atoms with E-state index in [0.717, 1.165) is 15.7 Å². The van der Waals surface area contributed by atoms with Crippen LogP contribution in [0.2, 0.25) is 0 Å². The summed E-state index contributed by atoms with van der Waals surface area (Å²) < 4.78 is 15.4. The minimum Gasteiger partial charge on any atom is -0.360 e. The van der Waals surface area contributed by atoms with Crippen molar-refractivity contribution in [3.05, 3.63) is 94.2 Å². The second kappa shape index (κ2) is 6.33. The number of carbonyl (C=O) groups excluding carboxylic acids is 1. The number of amides is 1. The Kier molecular flexibility index (Phi) is 4.01. The SMILES string of the molecule is O=C1c2ccccc2N[C@@H](c2ccc(Br)cc2)N1c1ccccc1F. The Labute approximate surface area is 153 Å². The number of nitrogens with one attached hydrogen (secondary N) is 1. The monoisotopic (exact) mass is 396 g/mol. The van der Waals surface area contributed by atoms with Crippen LogP contribution >= 0.6 is 15.9 Å². The molecular formula is C20H14BrFN2O. The van der Waals surface area contributed by atoms with Crippen LogP contribution in [0.15, 0.2) is 77.3 Å². The van der Waals surface area contributed by atoms with Gasteiger partial charge in [0.2, 0.25) is 0 Å². The van der Waals surface area contributed by atoms with E-state index in [1.54, 1.807) is 30.3 Å². The molecule has 3 nitrogen and oxygen atoms in total. The fraction of sp³-hybridized carbons (Fsp3) is 0.0500. The van der Waals surface area contributed by atoms with E-state index in [4.69, 9.17) is 0 Å². The first-order valence-electron chi connectivity index (χ1n) is 7.84. The van der Waals surface area contributed by atoms with E-state index in [9.17, 15) is 9.18 Å². The first-order chi connectivity index (χ1) is 12.1. The number of carbonyl (C=O) groups is 1. The summed E-state index contributed by atoms with van der Waals surface area (Å²) in [5.41, 5.74) is 2.39. The van der Waals surface area contributed by atoms with Gasteiger partial charge in [-0.15, -0.1) is 0 Å². The summed E-state index contributed by atoms with van der Waals surface area (Å²) in [6, 6.07) is 21.2. The number of halogens is 2. The van der Waals surface area contributed by atoms with Gasteiger partial charge in [0.05, 0.1) is 11.3 Å². The van der Waals surface area contributed by atoms with E-state index in [1.165, 1.54) is 11.0 Å². The zero-order chi connectivity index (χ0) is 17.4. The lowest BCUT2D eigenvalue weighted by Crippen LogP contribution is -2.43. The molecule has 0 saturated heterocycles. The summed E-state index contributed by atoms with van der Waals surface area (Å²) in [5.74, 6) is -0.661. The van der Waals surface area contributed by atoms with E-state index in [1.807, 2.05) is 36.4 Å². The molecule has 0 fully saturated rings. The summed E-state index contributed by atoms with van der Waals surface area (Å²) in [6.07, 6.45) is -0.493. The van der Waals surface area contributed by atoms with Gasteiger partial charge in [-0.2, -0.15) is 0 Å². The van der Waals surface area contributed by atoms with E-state index >= 15 is 0 Å². The number of benzene rings is 3. The third kappa shape index (κ3) is 2.81. The molecule has 1 aliphatic heterocycles. The van der Waals surface area contributed by atoms with Crippen LogP contribution < -0.4 is 10.2 Å². The summed E-state index contributed by atoms with van der Waals surface area (Å²) in [6.45, 7) is 0. The molecule has 1 N–H and O–H groups in total. The number of nitrogens with zero attached hydrogens (tertiary/aromatic N) is 1. The summed E-state index contributed by atoms with van der Waals surface area (Å²) >= 11 is 3.42. The van der Waals surface area contributed by atoms with Crippen molar-refractivity contribution in [1.82, 2.24) is 0 Å². The lowest BCUT2D eigenvalue weighted by atomic mass is 10.0. The predicted molar refractivity (Wildman–Crippen MR) is 100 cm³/mol. The number of hydrogen-bond donors (Lipinski definition) is 1. The largest absolute Gasteiger partial charge is 0.360 e.